The molecule has 2 amide bonds. The van der Waals surface area contributed by atoms with Gasteiger partial charge in [0.2, 0.25) is 5.82 Å². The van der Waals surface area contributed by atoms with Gasteiger partial charge in [0.15, 0.2) is 0 Å². The number of hydrogen-bond donors (Lipinski definition) is 3. The van der Waals surface area contributed by atoms with Crippen LogP contribution in [-0.4, -0.2) is 23.1 Å². The van der Waals surface area contributed by atoms with Crippen LogP contribution in [0.5, 0.6) is 5.75 Å². The summed E-state index contributed by atoms with van der Waals surface area (Å²) >= 11 is 0. The average molecular weight is 354 g/mol. The van der Waals surface area contributed by atoms with Gasteiger partial charge >= 0.3 is 6.03 Å². The summed E-state index contributed by atoms with van der Waals surface area (Å²) in [6.07, 6.45) is 2.15. The topological polar surface area (TPSA) is 126 Å². The first kappa shape index (κ1) is 19.1. The molecule has 0 radical (unpaired) electrons. The van der Waals surface area contributed by atoms with Crippen molar-refractivity contribution in [1.29, 1.82) is 5.26 Å². The summed E-state index contributed by atoms with van der Waals surface area (Å²) in [4.78, 5) is 20.0. The molecule has 0 saturated carbocycles. The van der Waals surface area contributed by atoms with E-state index in [4.69, 9.17) is 15.8 Å². The van der Waals surface area contributed by atoms with Crippen molar-refractivity contribution in [3.63, 3.8) is 0 Å². The van der Waals surface area contributed by atoms with E-state index in [0.29, 0.717) is 29.1 Å². The highest BCUT2D eigenvalue weighted by atomic mass is 16.5. The van der Waals surface area contributed by atoms with Gasteiger partial charge in [0.1, 0.15) is 11.8 Å². The minimum absolute atomic E-state index is 0.0596. The van der Waals surface area contributed by atoms with Crippen molar-refractivity contribution in [2.75, 3.05) is 12.4 Å². The second-order valence-electron chi connectivity index (χ2n) is 6.88. The number of nitrogens with zero attached hydrogens (tertiary/aromatic N) is 3. The zero-order valence-corrected chi connectivity index (χ0v) is 15.3. The largest absolute Gasteiger partial charge is 0.496 e. The lowest BCUT2D eigenvalue weighted by Crippen LogP contribution is -2.34. The number of anilines is 1. The van der Waals surface area contributed by atoms with Gasteiger partial charge in [0, 0.05) is 17.4 Å². The Hall–Kier alpha value is -3.18. The number of urea groups is 1. The summed E-state index contributed by atoms with van der Waals surface area (Å²) in [7, 11) is 1.56. The molecule has 0 bridgehead atoms. The number of nitriles is 1. The Morgan fingerprint density at radius 3 is 2.65 bits per heavy atom. The summed E-state index contributed by atoms with van der Waals surface area (Å²) in [5.74, 6) is 5.84. The van der Waals surface area contributed by atoms with Crippen LogP contribution < -0.4 is 21.3 Å². The summed E-state index contributed by atoms with van der Waals surface area (Å²) < 4.78 is 5.52. The molecule has 4 N–H and O–H groups in total. The van der Waals surface area contributed by atoms with Gasteiger partial charge in [-0.25, -0.2) is 20.6 Å². The highest BCUT2D eigenvalue weighted by Gasteiger charge is 2.23. The predicted octanol–water partition coefficient (Wildman–Crippen LogP) is 2.61. The van der Waals surface area contributed by atoms with Gasteiger partial charge in [0.25, 0.3) is 0 Å². The van der Waals surface area contributed by atoms with Gasteiger partial charge in [-0.05, 0) is 35.6 Å². The number of hydrazine groups is 1. The molecule has 136 valence electrons. The number of carbonyl (C=O) groups is 1. The second-order valence-corrected chi connectivity index (χ2v) is 6.88. The first-order valence-corrected chi connectivity index (χ1v) is 8.00. The van der Waals surface area contributed by atoms with Crippen molar-refractivity contribution < 1.29 is 9.53 Å². The molecular weight excluding hydrogens is 332 g/mol. The highest BCUT2D eigenvalue weighted by molar-refractivity contribution is 5.92. The molecule has 0 aliphatic rings. The summed E-state index contributed by atoms with van der Waals surface area (Å²) in [5, 5.41) is 11.8. The Morgan fingerprint density at radius 2 is 2.08 bits per heavy atom. The number of ether oxygens (including phenoxy) is 1. The van der Waals surface area contributed by atoms with Crippen LogP contribution in [-0.2, 0) is 6.42 Å². The Kier molecular flexibility index (Phi) is 5.75. The minimum Gasteiger partial charge on any atom is -0.496 e. The van der Waals surface area contributed by atoms with E-state index < -0.39 is 6.03 Å². The third-order valence-corrected chi connectivity index (χ3v) is 3.59. The molecule has 0 fully saturated rings. The van der Waals surface area contributed by atoms with Crippen molar-refractivity contribution in [3.8, 4) is 23.1 Å². The third-order valence-electron chi connectivity index (χ3n) is 3.59. The molecule has 2 rings (SSSR count). The Morgan fingerprint density at radius 1 is 1.35 bits per heavy atom. The van der Waals surface area contributed by atoms with E-state index in [1.165, 1.54) is 6.20 Å². The zero-order chi connectivity index (χ0) is 19.3. The fourth-order valence-electron chi connectivity index (χ4n) is 2.62. The molecule has 0 aliphatic carbocycles. The normalized spacial score (nSPS) is 10.8. The van der Waals surface area contributed by atoms with Crippen LogP contribution in [0.15, 0.2) is 24.4 Å². The molecule has 0 atom stereocenters. The molecule has 0 spiro atoms. The van der Waals surface area contributed by atoms with Crippen LogP contribution in [0, 0.1) is 16.7 Å². The molecule has 26 heavy (non-hydrogen) atoms. The van der Waals surface area contributed by atoms with Gasteiger partial charge in [-0.3, -0.25) is 5.43 Å². The van der Waals surface area contributed by atoms with Gasteiger partial charge in [-0.2, -0.15) is 5.26 Å². The lowest BCUT2D eigenvalue weighted by Gasteiger charge is -2.24. The number of methoxy groups -OCH3 is 1. The number of nitrogens with two attached hydrogens (primary N) is 1. The number of rotatable bonds is 4. The summed E-state index contributed by atoms with van der Waals surface area (Å²) in [6.45, 7) is 6.26. The molecule has 0 aliphatic heterocycles. The van der Waals surface area contributed by atoms with Gasteiger partial charge < -0.3 is 10.1 Å². The Labute approximate surface area is 152 Å². The van der Waals surface area contributed by atoms with E-state index in [2.05, 4.69) is 41.5 Å². The minimum atomic E-state index is -0.531. The van der Waals surface area contributed by atoms with Crippen molar-refractivity contribution >= 4 is 11.7 Å². The predicted molar refractivity (Wildman–Crippen MR) is 98.2 cm³/mol. The maximum Gasteiger partial charge on any atom is 0.333 e. The van der Waals surface area contributed by atoms with E-state index >= 15 is 0 Å². The number of hydrogen-bond acceptors (Lipinski definition) is 6. The van der Waals surface area contributed by atoms with Crippen molar-refractivity contribution in [3.05, 3.63) is 35.8 Å². The third kappa shape index (κ3) is 4.46. The lowest BCUT2D eigenvalue weighted by molar-refractivity contribution is 0.252. The molecule has 2 aromatic rings. The number of amides is 2. The van der Waals surface area contributed by atoms with Crippen LogP contribution in [0.1, 0.15) is 32.2 Å². The maximum atomic E-state index is 11.8. The first-order chi connectivity index (χ1) is 12.3. The smallest absolute Gasteiger partial charge is 0.333 e. The SMILES string of the molecule is COc1ccc(NC(=O)NN)c(CC(C)(C)C)c1-c1ccnc(C#N)n1. The molecule has 0 saturated heterocycles. The van der Waals surface area contributed by atoms with Crippen molar-refractivity contribution in [2.45, 2.75) is 27.2 Å². The summed E-state index contributed by atoms with van der Waals surface area (Å²) in [6, 6.07) is 6.61. The molecule has 8 nitrogen and oxygen atoms in total. The first-order valence-electron chi connectivity index (χ1n) is 8.00. The highest BCUT2D eigenvalue weighted by Crippen LogP contribution is 2.40. The molecule has 1 heterocycles. The van der Waals surface area contributed by atoms with E-state index in [9.17, 15) is 4.79 Å². The number of nitrogens with one attached hydrogen (secondary N) is 2. The van der Waals surface area contributed by atoms with E-state index in [-0.39, 0.29) is 11.2 Å². The molecule has 1 aromatic heterocycles. The molecule has 8 heteroatoms. The van der Waals surface area contributed by atoms with Crippen LogP contribution in [0.3, 0.4) is 0 Å². The van der Waals surface area contributed by atoms with Gasteiger partial charge in [0.05, 0.1) is 12.8 Å². The van der Waals surface area contributed by atoms with Gasteiger partial charge in [-0.15, -0.1) is 0 Å². The maximum absolute atomic E-state index is 11.8. The quantitative estimate of drug-likeness (QED) is 0.440. The molecular formula is C18H22N6O2. The fraction of sp³-hybridized carbons (Fsp3) is 0.333. The number of benzene rings is 1. The number of carbonyl (C=O) groups excluding carboxylic acids is 1. The van der Waals surface area contributed by atoms with Crippen LogP contribution >= 0.6 is 0 Å². The van der Waals surface area contributed by atoms with Crippen LogP contribution in [0.4, 0.5) is 10.5 Å². The van der Waals surface area contributed by atoms with Crippen LogP contribution in [0.2, 0.25) is 0 Å². The lowest BCUT2D eigenvalue weighted by atomic mass is 9.84. The zero-order valence-electron chi connectivity index (χ0n) is 15.3. The average Bonchev–Trinajstić information content (AvgIpc) is 2.61. The number of aromatic nitrogens is 2. The van der Waals surface area contributed by atoms with Gasteiger partial charge in [-0.1, -0.05) is 20.8 Å². The van der Waals surface area contributed by atoms with E-state index in [1.54, 1.807) is 25.3 Å². The van der Waals surface area contributed by atoms with E-state index in [1.807, 2.05) is 6.07 Å². The van der Waals surface area contributed by atoms with Crippen molar-refractivity contribution in [2.24, 2.45) is 11.3 Å². The van der Waals surface area contributed by atoms with Crippen LogP contribution in [0.25, 0.3) is 11.3 Å². The van der Waals surface area contributed by atoms with Crippen molar-refractivity contribution in [1.82, 2.24) is 15.4 Å². The fourth-order valence-corrected chi connectivity index (χ4v) is 2.62. The molecule has 1 aromatic carbocycles. The van der Waals surface area contributed by atoms with E-state index in [0.717, 1.165) is 5.56 Å². The Balaban J connectivity index is 2.74. The standard InChI is InChI=1S/C18H22N6O2/c1-18(2,3)9-11-12(23-17(25)24-20)5-6-14(26-4)16(11)13-7-8-21-15(10-19)22-13/h5-8H,9,20H2,1-4H3,(H2,23,24,25). The molecule has 0 unspecified atom stereocenters. The monoisotopic (exact) mass is 354 g/mol. The second kappa shape index (κ2) is 7.80. The summed E-state index contributed by atoms with van der Waals surface area (Å²) in [5.41, 5.74) is 4.66. The Bertz CT molecular complexity index is 852.